The van der Waals surface area contributed by atoms with E-state index < -0.39 is 40.2 Å². The zero-order valence-electron chi connectivity index (χ0n) is 19.9. The van der Waals surface area contributed by atoms with E-state index in [2.05, 4.69) is 0 Å². The molecule has 0 aliphatic carbocycles. The highest BCUT2D eigenvalue weighted by atomic mass is 16.6. The predicted molar refractivity (Wildman–Crippen MR) is 112 cm³/mol. The van der Waals surface area contributed by atoms with Crippen molar-refractivity contribution in [2.24, 2.45) is 11.7 Å². The Bertz CT molecular complexity index is 548. The lowest BCUT2D eigenvalue weighted by Gasteiger charge is -2.29. The number of ether oxygens (including phenoxy) is 3. The van der Waals surface area contributed by atoms with Gasteiger partial charge in [-0.05, 0) is 88.5 Å². The van der Waals surface area contributed by atoms with Crippen molar-refractivity contribution in [3.05, 3.63) is 0 Å². The first-order chi connectivity index (χ1) is 12.7. The van der Waals surface area contributed by atoms with Gasteiger partial charge in [0.05, 0.1) is 0 Å². The van der Waals surface area contributed by atoms with E-state index in [0.29, 0.717) is 12.8 Å². The zero-order chi connectivity index (χ0) is 23.3. The minimum Gasteiger partial charge on any atom is -0.460 e. The first-order valence-electron chi connectivity index (χ1n) is 10.2. The maximum absolute atomic E-state index is 12.6. The van der Waals surface area contributed by atoms with Gasteiger partial charge in [-0.3, -0.25) is 14.4 Å². The van der Waals surface area contributed by atoms with Gasteiger partial charge in [0.1, 0.15) is 16.8 Å². The van der Waals surface area contributed by atoms with Crippen LogP contribution in [0, 0.1) is 5.92 Å². The summed E-state index contributed by atoms with van der Waals surface area (Å²) in [5, 5.41) is 0. The van der Waals surface area contributed by atoms with Gasteiger partial charge in [-0.25, -0.2) is 0 Å². The van der Waals surface area contributed by atoms with Crippen LogP contribution in [-0.4, -0.2) is 40.2 Å². The third-order valence-electron chi connectivity index (χ3n) is 3.71. The molecule has 7 heteroatoms. The van der Waals surface area contributed by atoms with Crippen molar-refractivity contribution in [2.45, 2.75) is 117 Å². The van der Waals surface area contributed by atoms with Crippen molar-refractivity contribution >= 4 is 17.9 Å². The quantitative estimate of drug-likeness (QED) is 0.364. The maximum Gasteiger partial charge on any atom is 0.320 e. The number of nitrogens with two attached hydrogens (primary N) is 1. The lowest BCUT2D eigenvalue weighted by atomic mass is 9.87. The van der Waals surface area contributed by atoms with E-state index in [1.165, 1.54) is 0 Å². The van der Waals surface area contributed by atoms with Crippen LogP contribution >= 0.6 is 0 Å². The summed E-state index contributed by atoms with van der Waals surface area (Å²) in [6, 6.07) is 0. The summed E-state index contributed by atoms with van der Waals surface area (Å²) in [6.45, 7) is 17.6. The van der Waals surface area contributed by atoms with E-state index in [9.17, 15) is 14.4 Å². The lowest BCUT2D eigenvalue weighted by molar-refractivity contribution is -0.175. The van der Waals surface area contributed by atoms with Crippen LogP contribution in [-0.2, 0) is 28.6 Å². The van der Waals surface area contributed by atoms with Crippen molar-refractivity contribution in [3.63, 3.8) is 0 Å². The highest BCUT2D eigenvalue weighted by Crippen LogP contribution is 2.25. The van der Waals surface area contributed by atoms with Crippen LogP contribution in [0.25, 0.3) is 0 Å². The van der Waals surface area contributed by atoms with Crippen molar-refractivity contribution in [1.29, 1.82) is 0 Å². The molecule has 1 unspecified atom stereocenters. The monoisotopic (exact) mass is 415 g/mol. The summed E-state index contributed by atoms with van der Waals surface area (Å²) >= 11 is 0. The van der Waals surface area contributed by atoms with Crippen molar-refractivity contribution < 1.29 is 28.6 Å². The highest BCUT2D eigenvalue weighted by Gasteiger charge is 2.36. The molecule has 0 spiro atoms. The Morgan fingerprint density at radius 2 is 1.07 bits per heavy atom. The van der Waals surface area contributed by atoms with E-state index in [0.717, 1.165) is 0 Å². The molecular weight excluding hydrogens is 374 g/mol. The number of esters is 3. The second-order valence-electron chi connectivity index (χ2n) is 10.9. The van der Waals surface area contributed by atoms with E-state index in [-0.39, 0.29) is 18.8 Å². The van der Waals surface area contributed by atoms with Crippen LogP contribution in [0.4, 0.5) is 0 Å². The summed E-state index contributed by atoms with van der Waals surface area (Å²) in [5.74, 6) is -2.66. The molecule has 2 N–H and O–H groups in total. The number of hydrogen-bond donors (Lipinski definition) is 1. The third-order valence-corrected chi connectivity index (χ3v) is 3.71. The molecule has 0 bridgehead atoms. The number of hydrogen-bond acceptors (Lipinski definition) is 7. The molecule has 7 nitrogen and oxygen atoms in total. The van der Waals surface area contributed by atoms with E-state index in [4.69, 9.17) is 19.9 Å². The van der Waals surface area contributed by atoms with Crippen molar-refractivity contribution in [2.75, 3.05) is 0 Å². The molecule has 0 saturated heterocycles. The van der Waals surface area contributed by atoms with Crippen molar-refractivity contribution in [3.8, 4) is 0 Å². The Morgan fingerprint density at radius 3 is 1.41 bits per heavy atom. The molecule has 0 aromatic carbocycles. The number of carbonyl (C=O) groups is 3. The second kappa shape index (κ2) is 9.92. The first kappa shape index (κ1) is 27.4. The molecule has 0 aromatic heterocycles. The molecule has 0 aromatic rings. The van der Waals surface area contributed by atoms with Crippen LogP contribution < -0.4 is 5.73 Å². The van der Waals surface area contributed by atoms with Crippen LogP contribution in [0.2, 0.25) is 0 Å². The largest absolute Gasteiger partial charge is 0.460 e. The van der Waals surface area contributed by atoms with Gasteiger partial charge in [-0.1, -0.05) is 0 Å². The molecule has 1 atom stereocenters. The third kappa shape index (κ3) is 14.1. The van der Waals surface area contributed by atoms with Crippen LogP contribution in [0.1, 0.15) is 94.9 Å². The molecular formula is C22H41NO6. The Hall–Kier alpha value is -1.63. The molecule has 0 heterocycles. The van der Waals surface area contributed by atoms with E-state index >= 15 is 0 Å². The smallest absolute Gasteiger partial charge is 0.320 e. The molecule has 170 valence electrons. The Balaban J connectivity index is 5.07. The molecule has 0 aliphatic heterocycles. The lowest BCUT2D eigenvalue weighted by Crippen LogP contribution is -2.41. The summed E-state index contributed by atoms with van der Waals surface area (Å²) in [5.41, 5.74) is 3.57. The van der Waals surface area contributed by atoms with Gasteiger partial charge >= 0.3 is 17.9 Å². The predicted octanol–water partition coefficient (Wildman–Crippen LogP) is 3.91. The number of rotatable bonds is 8. The summed E-state index contributed by atoms with van der Waals surface area (Å²) in [4.78, 5) is 37.1. The average molecular weight is 416 g/mol. The van der Waals surface area contributed by atoms with Gasteiger partial charge in [-0.2, -0.15) is 0 Å². The minimum absolute atomic E-state index is 0.161. The van der Waals surface area contributed by atoms with Gasteiger partial charge in [0.25, 0.3) is 0 Å². The molecule has 0 saturated carbocycles. The fourth-order valence-corrected chi connectivity index (χ4v) is 2.46. The summed E-state index contributed by atoms with van der Waals surface area (Å²) in [6.07, 6.45) is 1.05. The normalized spacial score (nSPS) is 14.9. The molecule has 0 rings (SSSR count). The van der Waals surface area contributed by atoms with E-state index in [1.807, 2.05) is 0 Å². The SMILES string of the molecule is CC(N)(CCC(=O)OC(C)(C)C)CCC(C(=O)OC(C)(C)C)C(=O)OC(C)(C)C. The Morgan fingerprint density at radius 1 is 0.690 bits per heavy atom. The zero-order valence-corrected chi connectivity index (χ0v) is 19.9. The van der Waals surface area contributed by atoms with Gasteiger partial charge in [0.15, 0.2) is 5.92 Å². The van der Waals surface area contributed by atoms with Crippen LogP contribution in [0.15, 0.2) is 0 Å². The Kier molecular flexibility index (Phi) is 9.36. The standard InChI is InChI=1S/C22H41NO6/c1-19(2,3)27-16(24)12-14-22(10,23)13-11-15(17(25)28-20(4,5)6)18(26)29-21(7,8)9/h15H,11-14,23H2,1-10H3. The molecule has 0 fully saturated rings. The molecule has 0 amide bonds. The van der Waals surface area contributed by atoms with Gasteiger partial charge in [-0.15, -0.1) is 0 Å². The Labute approximate surface area is 176 Å². The van der Waals surface area contributed by atoms with Crippen LogP contribution in [0.3, 0.4) is 0 Å². The summed E-state index contributed by atoms with van der Waals surface area (Å²) in [7, 11) is 0. The molecule has 0 aliphatic rings. The first-order valence-corrected chi connectivity index (χ1v) is 10.2. The molecule has 0 radical (unpaired) electrons. The number of carbonyl (C=O) groups excluding carboxylic acids is 3. The average Bonchev–Trinajstić information content (AvgIpc) is 2.39. The van der Waals surface area contributed by atoms with Gasteiger partial charge in [0.2, 0.25) is 0 Å². The molecule has 29 heavy (non-hydrogen) atoms. The highest BCUT2D eigenvalue weighted by molar-refractivity contribution is 5.95. The topological polar surface area (TPSA) is 105 Å². The van der Waals surface area contributed by atoms with Crippen LogP contribution in [0.5, 0.6) is 0 Å². The second-order valence-corrected chi connectivity index (χ2v) is 10.9. The van der Waals surface area contributed by atoms with Crippen molar-refractivity contribution in [1.82, 2.24) is 0 Å². The van der Waals surface area contributed by atoms with E-state index in [1.54, 1.807) is 69.2 Å². The fraction of sp³-hybridized carbons (Fsp3) is 0.864. The summed E-state index contributed by atoms with van der Waals surface area (Å²) < 4.78 is 16.1. The van der Waals surface area contributed by atoms with Gasteiger partial charge < -0.3 is 19.9 Å². The van der Waals surface area contributed by atoms with Gasteiger partial charge in [0, 0.05) is 12.0 Å². The minimum atomic E-state index is -1.07. The fourth-order valence-electron chi connectivity index (χ4n) is 2.46. The maximum atomic E-state index is 12.6.